The van der Waals surface area contributed by atoms with E-state index in [-0.39, 0.29) is 11.5 Å². The molecule has 0 aliphatic carbocycles. The summed E-state index contributed by atoms with van der Waals surface area (Å²) in [6, 6.07) is 0. The molecule has 0 fully saturated rings. The number of carboxylic acid groups (broad SMARTS) is 1. The number of hydrogen-bond donors (Lipinski definition) is 1. The highest BCUT2D eigenvalue weighted by molar-refractivity contribution is 5.94. The molecular formula is C13H22O5. The SMILES string of the molecule is C=C(C(=O)OOC(C)(C)C)[C@@H](CC(C)C)C(=O)O. The quantitative estimate of drug-likeness (QED) is 0.450. The predicted molar refractivity (Wildman–Crippen MR) is 66.7 cm³/mol. The number of aliphatic carboxylic acids is 1. The normalized spacial score (nSPS) is 13.2. The van der Waals surface area contributed by atoms with Gasteiger partial charge in [-0.15, -0.1) is 0 Å². The molecule has 0 aromatic carbocycles. The van der Waals surface area contributed by atoms with Gasteiger partial charge < -0.3 is 5.11 Å². The second-order valence-electron chi connectivity index (χ2n) is 5.61. The van der Waals surface area contributed by atoms with Crippen molar-refractivity contribution in [3.63, 3.8) is 0 Å². The first kappa shape index (κ1) is 16.6. The summed E-state index contributed by atoms with van der Waals surface area (Å²) in [5.41, 5.74) is -0.743. The average Bonchev–Trinajstić information content (AvgIpc) is 2.19. The first-order valence-electron chi connectivity index (χ1n) is 5.86. The molecular weight excluding hydrogens is 236 g/mol. The molecule has 0 amide bonds. The summed E-state index contributed by atoms with van der Waals surface area (Å²) in [6.07, 6.45) is 0.332. The lowest BCUT2D eigenvalue weighted by atomic mass is 9.91. The van der Waals surface area contributed by atoms with Crippen LogP contribution in [-0.2, 0) is 19.4 Å². The predicted octanol–water partition coefficient (Wildman–Crippen LogP) is 2.56. The monoisotopic (exact) mass is 258 g/mol. The molecule has 0 aromatic rings. The van der Waals surface area contributed by atoms with Crippen LogP contribution in [0.15, 0.2) is 12.2 Å². The van der Waals surface area contributed by atoms with Crippen molar-refractivity contribution < 1.29 is 24.5 Å². The van der Waals surface area contributed by atoms with Crippen molar-refractivity contribution in [2.24, 2.45) is 11.8 Å². The number of carboxylic acids is 1. The van der Waals surface area contributed by atoms with Gasteiger partial charge in [-0.2, -0.15) is 4.89 Å². The van der Waals surface area contributed by atoms with E-state index in [4.69, 9.17) is 9.99 Å². The molecule has 0 aliphatic rings. The summed E-state index contributed by atoms with van der Waals surface area (Å²) in [6.45, 7) is 12.4. The molecule has 0 saturated carbocycles. The van der Waals surface area contributed by atoms with E-state index in [1.165, 1.54) is 0 Å². The van der Waals surface area contributed by atoms with Crippen molar-refractivity contribution in [3.05, 3.63) is 12.2 Å². The third-order valence-electron chi connectivity index (χ3n) is 2.06. The number of carbonyl (C=O) groups excluding carboxylic acids is 1. The van der Waals surface area contributed by atoms with E-state index >= 15 is 0 Å². The van der Waals surface area contributed by atoms with Gasteiger partial charge in [0.15, 0.2) is 0 Å². The van der Waals surface area contributed by atoms with Crippen LogP contribution in [0.25, 0.3) is 0 Å². The molecule has 5 heteroatoms. The fourth-order valence-electron chi connectivity index (χ4n) is 1.22. The van der Waals surface area contributed by atoms with Gasteiger partial charge in [0, 0.05) is 5.57 Å². The average molecular weight is 258 g/mol. The molecule has 0 saturated heterocycles. The highest BCUT2D eigenvalue weighted by Gasteiger charge is 2.29. The van der Waals surface area contributed by atoms with Crippen LogP contribution in [0.2, 0.25) is 0 Å². The summed E-state index contributed by atoms with van der Waals surface area (Å²) < 4.78 is 0. The molecule has 0 unspecified atom stereocenters. The van der Waals surface area contributed by atoms with Crippen LogP contribution in [0, 0.1) is 11.8 Å². The lowest BCUT2D eigenvalue weighted by Crippen LogP contribution is -2.27. The third kappa shape index (κ3) is 6.39. The molecule has 18 heavy (non-hydrogen) atoms. The summed E-state index contributed by atoms with van der Waals surface area (Å²) >= 11 is 0. The van der Waals surface area contributed by atoms with Crippen molar-refractivity contribution >= 4 is 11.9 Å². The van der Waals surface area contributed by atoms with Crippen LogP contribution >= 0.6 is 0 Å². The van der Waals surface area contributed by atoms with E-state index in [1.807, 2.05) is 13.8 Å². The Kier molecular flexibility index (Phi) is 6.05. The van der Waals surface area contributed by atoms with Gasteiger partial charge >= 0.3 is 11.9 Å². The maximum Gasteiger partial charge on any atom is 0.369 e. The Morgan fingerprint density at radius 1 is 1.28 bits per heavy atom. The van der Waals surface area contributed by atoms with Crippen LogP contribution in [0.4, 0.5) is 0 Å². The van der Waals surface area contributed by atoms with Gasteiger partial charge in [0.25, 0.3) is 0 Å². The Balaban J connectivity index is 4.58. The lowest BCUT2D eigenvalue weighted by Gasteiger charge is -2.19. The van der Waals surface area contributed by atoms with Gasteiger partial charge in [-0.05, 0) is 33.1 Å². The second-order valence-corrected chi connectivity index (χ2v) is 5.61. The van der Waals surface area contributed by atoms with E-state index in [0.29, 0.717) is 6.42 Å². The Labute approximate surface area is 108 Å². The zero-order valence-corrected chi connectivity index (χ0v) is 11.6. The molecule has 0 rings (SSSR count). The Morgan fingerprint density at radius 2 is 1.78 bits per heavy atom. The van der Waals surface area contributed by atoms with E-state index in [9.17, 15) is 9.59 Å². The molecule has 0 aromatic heterocycles. The van der Waals surface area contributed by atoms with E-state index in [0.717, 1.165) is 0 Å². The van der Waals surface area contributed by atoms with E-state index in [2.05, 4.69) is 11.5 Å². The summed E-state index contributed by atoms with van der Waals surface area (Å²) in [5, 5.41) is 9.06. The fraction of sp³-hybridized carbons (Fsp3) is 0.692. The topological polar surface area (TPSA) is 72.8 Å². The molecule has 104 valence electrons. The molecule has 0 heterocycles. The number of rotatable bonds is 6. The fourth-order valence-corrected chi connectivity index (χ4v) is 1.22. The highest BCUT2D eigenvalue weighted by atomic mass is 17.2. The van der Waals surface area contributed by atoms with E-state index < -0.39 is 23.5 Å². The second kappa shape index (κ2) is 6.54. The molecule has 5 nitrogen and oxygen atoms in total. The summed E-state index contributed by atoms with van der Waals surface area (Å²) in [7, 11) is 0. The molecule has 0 radical (unpaired) electrons. The lowest BCUT2D eigenvalue weighted by molar-refractivity contribution is -0.317. The largest absolute Gasteiger partial charge is 0.481 e. The Morgan fingerprint density at radius 3 is 2.11 bits per heavy atom. The Hall–Kier alpha value is -1.36. The van der Waals surface area contributed by atoms with Gasteiger partial charge in [0.2, 0.25) is 0 Å². The summed E-state index contributed by atoms with van der Waals surface area (Å²) in [4.78, 5) is 32.1. The van der Waals surface area contributed by atoms with Gasteiger partial charge in [-0.1, -0.05) is 20.4 Å². The summed E-state index contributed by atoms with van der Waals surface area (Å²) in [5.74, 6) is -2.72. The third-order valence-corrected chi connectivity index (χ3v) is 2.06. The smallest absolute Gasteiger partial charge is 0.369 e. The van der Waals surface area contributed by atoms with Crippen LogP contribution in [0.3, 0.4) is 0 Å². The first-order chi connectivity index (χ1) is 8.04. The molecule has 0 bridgehead atoms. The first-order valence-corrected chi connectivity index (χ1v) is 5.86. The maximum absolute atomic E-state index is 11.6. The maximum atomic E-state index is 11.6. The van der Waals surface area contributed by atoms with Gasteiger partial charge in [-0.3, -0.25) is 9.68 Å². The van der Waals surface area contributed by atoms with Gasteiger partial charge in [0.1, 0.15) is 5.60 Å². The molecule has 1 atom stereocenters. The zero-order valence-electron chi connectivity index (χ0n) is 11.6. The van der Waals surface area contributed by atoms with Crippen LogP contribution in [0.5, 0.6) is 0 Å². The van der Waals surface area contributed by atoms with Crippen molar-refractivity contribution in [3.8, 4) is 0 Å². The van der Waals surface area contributed by atoms with Crippen LogP contribution in [0.1, 0.15) is 41.0 Å². The molecule has 0 spiro atoms. The minimum Gasteiger partial charge on any atom is -0.481 e. The minimum absolute atomic E-state index is 0.0968. The standard InChI is InChI=1S/C13H22O5/c1-8(2)7-10(11(14)15)9(3)12(16)17-18-13(4,5)6/h8,10H,3,7H2,1-2,4-6H3,(H,14,15)/t10-/m1/s1. The Bertz CT molecular complexity index is 325. The van der Waals surface area contributed by atoms with Crippen LogP contribution in [-0.4, -0.2) is 22.6 Å². The minimum atomic E-state index is -1.08. The van der Waals surface area contributed by atoms with Crippen LogP contribution < -0.4 is 0 Å². The molecule has 1 N–H and O–H groups in total. The van der Waals surface area contributed by atoms with E-state index in [1.54, 1.807) is 20.8 Å². The number of hydrogen-bond acceptors (Lipinski definition) is 4. The van der Waals surface area contributed by atoms with Gasteiger partial charge in [-0.25, -0.2) is 4.79 Å². The highest BCUT2D eigenvalue weighted by Crippen LogP contribution is 2.21. The zero-order chi connectivity index (χ0) is 14.5. The number of carbonyl (C=O) groups is 2. The van der Waals surface area contributed by atoms with Crippen molar-refractivity contribution in [2.45, 2.75) is 46.6 Å². The van der Waals surface area contributed by atoms with Gasteiger partial charge in [0.05, 0.1) is 5.92 Å². The van der Waals surface area contributed by atoms with Crippen molar-refractivity contribution in [1.82, 2.24) is 0 Å². The molecule has 0 aliphatic heterocycles. The van der Waals surface area contributed by atoms with Crippen molar-refractivity contribution in [1.29, 1.82) is 0 Å². The van der Waals surface area contributed by atoms with Crippen molar-refractivity contribution in [2.75, 3.05) is 0 Å².